The standard InChI is InChI=1S/C24H27N3O2/c28-22-17-27(21-8-4-3-7-20(21)25-22)23(29)10-14-26-15-12-24(13-16-26)11-9-18-5-1-2-6-19(18)24/h1-8H,9-17H2,(H,25,28). The van der Waals surface area contributed by atoms with Gasteiger partial charge in [0.05, 0.1) is 11.4 Å². The highest BCUT2D eigenvalue weighted by atomic mass is 16.2. The number of piperidine rings is 1. The molecule has 1 aliphatic carbocycles. The van der Waals surface area contributed by atoms with Crippen LogP contribution in [0.15, 0.2) is 48.5 Å². The van der Waals surface area contributed by atoms with Gasteiger partial charge in [0.15, 0.2) is 0 Å². The molecule has 3 aliphatic rings. The quantitative estimate of drug-likeness (QED) is 0.876. The summed E-state index contributed by atoms with van der Waals surface area (Å²) in [5.74, 6) is -0.101. The highest BCUT2D eigenvalue weighted by molar-refractivity contribution is 6.09. The summed E-state index contributed by atoms with van der Waals surface area (Å²) in [5, 5.41) is 2.84. The fourth-order valence-corrected chi connectivity index (χ4v) is 5.33. The van der Waals surface area contributed by atoms with Gasteiger partial charge in [-0.25, -0.2) is 0 Å². The summed E-state index contributed by atoms with van der Waals surface area (Å²) in [7, 11) is 0. The molecule has 2 heterocycles. The average Bonchev–Trinajstić information content (AvgIpc) is 3.11. The number of hydrogen-bond donors (Lipinski definition) is 1. The van der Waals surface area contributed by atoms with Crippen molar-refractivity contribution in [1.82, 2.24) is 4.90 Å². The van der Waals surface area contributed by atoms with Crippen LogP contribution in [-0.2, 0) is 21.4 Å². The number of likely N-dealkylation sites (tertiary alicyclic amines) is 1. The number of amides is 2. The first-order valence-corrected chi connectivity index (χ1v) is 10.6. The average molecular weight is 389 g/mol. The van der Waals surface area contributed by atoms with Crippen LogP contribution in [0.25, 0.3) is 0 Å². The summed E-state index contributed by atoms with van der Waals surface area (Å²) in [5.41, 5.74) is 4.96. The first-order valence-electron chi connectivity index (χ1n) is 10.6. The highest BCUT2D eigenvalue weighted by Gasteiger charge is 2.40. The van der Waals surface area contributed by atoms with Crippen molar-refractivity contribution in [3.05, 3.63) is 59.7 Å². The predicted octanol–water partition coefficient (Wildman–Crippen LogP) is 3.34. The third kappa shape index (κ3) is 3.33. The lowest BCUT2D eigenvalue weighted by atomic mass is 9.74. The maximum Gasteiger partial charge on any atom is 0.244 e. The number of benzene rings is 2. The van der Waals surface area contributed by atoms with Gasteiger partial charge in [-0.15, -0.1) is 0 Å². The Morgan fingerprint density at radius 2 is 1.76 bits per heavy atom. The highest BCUT2D eigenvalue weighted by Crippen LogP contribution is 2.46. The van der Waals surface area contributed by atoms with E-state index >= 15 is 0 Å². The minimum atomic E-state index is -0.128. The number of aryl methyl sites for hydroxylation is 1. The summed E-state index contributed by atoms with van der Waals surface area (Å²) in [4.78, 5) is 28.9. The summed E-state index contributed by atoms with van der Waals surface area (Å²) in [6.07, 6.45) is 5.26. The molecule has 150 valence electrons. The van der Waals surface area contributed by atoms with E-state index < -0.39 is 0 Å². The summed E-state index contributed by atoms with van der Waals surface area (Å²) >= 11 is 0. The predicted molar refractivity (Wildman–Crippen MR) is 114 cm³/mol. The third-order valence-corrected chi connectivity index (χ3v) is 6.99. The topological polar surface area (TPSA) is 52.7 Å². The zero-order chi connectivity index (χ0) is 19.8. The second-order valence-corrected chi connectivity index (χ2v) is 8.57. The van der Waals surface area contributed by atoms with Crippen LogP contribution in [-0.4, -0.2) is 42.9 Å². The summed E-state index contributed by atoms with van der Waals surface area (Å²) in [6, 6.07) is 16.4. The molecule has 5 nitrogen and oxygen atoms in total. The van der Waals surface area contributed by atoms with E-state index in [-0.39, 0.29) is 18.4 Å². The number of hydrogen-bond acceptors (Lipinski definition) is 3. The Balaban J connectivity index is 1.20. The molecule has 2 amide bonds. The van der Waals surface area contributed by atoms with Gasteiger partial charge in [-0.1, -0.05) is 36.4 Å². The minimum Gasteiger partial charge on any atom is -0.323 e. The van der Waals surface area contributed by atoms with Crippen LogP contribution in [0.3, 0.4) is 0 Å². The Kier molecular flexibility index (Phi) is 4.63. The maximum absolute atomic E-state index is 12.9. The van der Waals surface area contributed by atoms with Crippen LogP contribution >= 0.6 is 0 Å². The van der Waals surface area contributed by atoms with Gasteiger partial charge in [0.1, 0.15) is 6.54 Å². The van der Waals surface area contributed by atoms with Crippen LogP contribution < -0.4 is 10.2 Å². The lowest BCUT2D eigenvalue weighted by molar-refractivity contribution is -0.122. The van der Waals surface area contributed by atoms with Crippen LogP contribution in [0.1, 0.15) is 36.8 Å². The van der Waals surface area contributed by atoms with Gasteiger partial charge in [-0.3, -0.25) is 9.59 Å². The second kappa shape index (κ2) is 7.30. The molecule has 1 spiro atoms. The van der Waals surface area contributed by atoms with Crippen molar-refractivity contribution in [1.29, 1.82) is 0 Å². The first kappa shape index (κ1) is 18.4. The normalized spacial score (nSPS) is 20.3. The van der Waals surface area contributed by atoms with Crippen LogP contribution in [0.5, 0.6) is 0 Å². The Bertz CT molecular complexity index is 947. The molecule has 2 aromatic carbocycles. The van der Waals surface area contributed by atoms with E-state index in [0.29, 0.717) is 11.8 Å². The minimum absolute atomic E-state index is 0.0267. The number of nitrogens with one attached hydrogen (secondary N) is 1. The fourth-order valence-electron chi connectivity index (χ4n) is 5.33. The zero-order valence-corrected chi connectivity index (χ0v) is 16.7. The van der Waals surface area contributed by atoms with Crippen molar-refractivity contribution in [2.45, 2.75) is 37.5 Å². The van der Waals surface area contributed by atoms with E-state index in [1.165, 1.54) is 31.2 Å². The molecule has 1 fully saturated rings. The Morgan fingerprint density at radius 3 is 2.62 bits per heavy atom. The Hall–Kier alpha value is -2.66. The fraction of sp³-hybridized carbons (Fsp3) is 0.417. The summed E-state index contributed by atoms with van der Waals surface area (Å²) in [6.45, 7) is 2.95. The van der Waals surface area contributed by atoms with Gasteiger partial charge in [0.25, 0.3) is 0 Å². The van der Waals surface area contributed by atoms with Crippen molar-refractivity contribution in [3.8, 4) is 0 Å². The summed E-state index contributed by atoms with van der Waals surface area (Å²) < 4.78 is 0. The molecule has 1 N–H and O–H groups in total. The molecule has 2 aromatic rings. The van der Waals surface area contributed by atoms with E-state index in [2.05, 4.69) is 34.5 Å². The van der Waals surface area contributed by atoms with Gasteiger partial charge >= 0.3 is 0 Å². The van der Waals surface area contributed by atoms with Gasteiger partial charge in [-0.2, -0.15) is 0 Å². The number of anilines is 2. The molecule has 2 aliphatic heterocycles. The van der Waals surface area contributed by atoms with Crippen molar-refractivity contribution in [2.75, 3.05) is 36.4 Å². The van der Waals surface area contributed by atoms with Gasteiger partial charge in [0, 0.05) is 13.0 Å². The van der Waals surface area contributed by atoms with E-state index in [4.69, 9.17) is 0 Å². The molecule has 5 heteroatoms. The van der Waals surface area contributed by atoms with Crippen LogP contribution in [0, 0.1) is 0 Å². The van der Waals surface area contributed by atoms with E-state index in [0.717, 1.165) is 31.0 Å². The molecule has 0 radical (unpaired) electrons. The van der Waals surface area contributed by atoms with Crippen LogP contribution in [0.4, 0.5) is 11.4 Å². The third-order valence-electron chi connectivity index (χ3n) is 6.99. The lowest BCUT2D eigenvalue weighted by Gasteiger charge is -2.40. The molecular formula is C24H27N3O2. The van der Waals surface area contributed by atoms with Gasteiger partial charge in [0.2, 0.25) is 11.8 Å². The Labute approximate surface area is 171 Å². The van der Waals surface area contributed by atoms with E-state index in [1.807, 2.05) is 24.3 Å². The SMILES string of the molecule is O=C1CN(C(=O)CCN2CCC3(CCc4ccccc43)CC2)c2ccccc2N1. The number of carbonyl (C=O) groups excluding carboxylic acids is 2. The smallest absolute Gasteiger partial charge is 0.244 e. The van der Waals surface area contributed by atoms with Crippen molar-refractivity contribution in [2.24, 2.45) is 0 Å². The van der Waals surface area contributed by atoms with Gasteiger partial charge in [-0.05, 0) is 67.4 Å². The van der Waals surface area contributed by atoms with Crippen molar-refractivity contribution in [3.63, 3.8) is 0 Å². The Morgan fingerprint density at radius 1 is 1.00 bits per heavy atom. The molecule has 0 bridgehead atoms. The molecule has 0 unspecified atom stereocenters. The molecule has 5 rings (SSSR count). The molecule has 1 saturated heterocycles. The first-order chi connectivity index (χ1) is 14.1. The van der Waals surface area contributed by atoms with Gasteiger partial charge < -0.3 is 15.1 Å². The number of carbonyl (C=O) groups is 2. The maximum atomic E-state index is 12.9. The van der Waals surface area contributed by atoms with Crippen molar-refractivity contribution >= 4 is 23.2 Å². The molecule has 29 heavy (non-hydrogen) atoms. The lowest BCUT2D eigenvalue weighted by Crippen LogP contribution is -2.45. The number of fused-ring (bicyclic) bond motifs is 3. The van der Waals surface area contributed by atoms with Crippen LogP contribution in [0.2, 0.25) is 0 Å². The zero-order valence-electron chi connectivity index (χ0n) is 16.7. The number of rotatable bonds is 3. The largest absolute Gasteiger partial charge is 0.323 e. The number of nitrogens with zero attached hydrogens (tertiary/aromatic N) is 2. The van der Waals surface area contributed by atoms with E-state index in [1.54, 1.807) is 10.5 Å². The monoisotopic (exact) mass is 389 g/mol. The van der Waals surface area contributed by atoms with E-state index in [9.17, 15) is 9.59 Å². The van der Waals surface area contributed by atoms with Crippen molar-refractivity contribution < 1.29 is 9.59 Å². The number of para-hydroxylation sites is 2. The molecule has 0 atom stereocenters. The molecule has 0 saturated carbocycles. The molecule has 0 aromatic heterocycles. The second-order valence-electron chi connectivity index (χ2n) is 8.57. The molecular weight excluding hydrogens is 362 g/mol.